The highest BCUT2D eigenvalue weighted by Crippen LogP contribution is 2.37. The summed E-state index contributed by atoms with van der Waals surface area (Å²) in [5, 5.41) is 11.1. The molecule has 384 valence electrons. The predicted molar refractivity (Wildman–Crippen MR) is 327 cm³/mol. The smallest absolute Gasteiger partial charge is 0.0494 e. The summed E-state index contributed by atoms with van der Waals surface area (Å²) in [5.74, 6) is 0. The number of aryl methyl sites for hydroxylation is 12. The molecular formula is C72H76N4. The summed E-state index contributed by atoms with van der Waals surface area (Å²) in [6.07, 6.45) is 17.6. The van der Waals surface area contributed by atoms with Gasteiger partial charge in [0.2, 0.25) is 0 Å². The van der Waals surface area contributed by atoms with Gasteiger partial charge in [-0.1, -0.05) is 150 Å². The van der Waals surface area contributed by atoms with Crippen molar-refractivity contribution in [2.75, 3.05) is 0 Å². The van der Waals surface area contributed by atoms with Gasteiger partial charge in [-0.15, -0.1) is 0 Å². The molecule has 4 aromatic heterocycles. The summed E-state index contributed by atoms with van der Waals surface area (Å²) in [6.45, 7) is 13.5. The molecule has 0 unspecified atom stereocenters. The molecule has 0 radical (unpaired) electrons. The van der Waals surface area contributed by atoms with E-state index in [2.05, 4.69) is 192 Å². The van der Waals surface area contributed by atoms with Gasteiger partial charge in [-0.2, -0.15) is 0 Å². The van der Waals surface area contributed by atoms with E-state index in [1.54, 1.807) is 0 Å². The van der Waals surface area contributed by atoms with Crippen molar-refractivity contribution in [2.24, 2.45) is 0 Å². The summed E-state index contributed by atoms with van der Waals surface area (Å²) in [5.41, 5.74) is 22.5. The van der Waals surface area contributed by atoms with Crippen LogP contribution in [0.3, 0.4) is 0 Å². The maximum atomic E-state index is 2.65. The Labute approximate surface area is 449 Å². The van der Waals surface area contributed by atoms with Gasteiger partial charge in [-0.3, -0.25) is 0 Å². The first-order valence-electron chi connectivity index (χ1n) is 29.6. The molecule has 12 aromatic rings. The number of unbranched alkanes of at least 4 members (excludes halogenated alkanes) is 4. The number of benzene rings is 8. The van der Waals surface area contributed by atoms with Crippen LogP contribution in [0.1, 0.15) is 124 Å². The first-order chi connectivity index (χ1) is 37.5. The molecule has 4 nitrogen and oxygen atoms in total. The molecule has 0 saturated carbocycles. The third-order valence-corrected chi connectivity index (χ3v) is 17.7. The van der Waals surface area contributed by atoms with Gasteiger partial charge in [-0.05, 0) is 170 Å². The van der Waals surface area contributed by atoms with Crippen LogP contribution >= 0.6 is 0 Å². The second kappa shape index (κ2) is 20.8. The van der Waals surface area contributed by atoms with Crippen molar-refractivity contribution >= 4 is 87.2 Å². The highest BCUT2D eigenvalue weighted by atomic mass is 15.0. The minimum absolute atomic E-state index is 1.02. The standard InChI is InChI=1S/C72H76N4/c1-5-9-37-73-65-41-49-13-15-51-23-31-59-61-33-25-53(45-69(61)74(38-10-6-2)67(59)43-51)17-19-55-27-35-63-64-36-28-56(48-72(64)76(40-12-8-4)71(63)47-55)20-18-54-26-34-62-60-32-24-52(44-68(60)75(39-11-7-3)70(62)46-54)16-14-50-22-30-58(66(73)42-50)57(65)29-21-49/h21-36,41-48H,5-20,37-40H2,1-4H3. The van der Waals surface area contributed by atoms with Gasteiger partial charge in [0, 0.05) is 113 Å². The minimum Gasteiger partial charge on any atom is -0.340 e. The number of nitrogens with zero attached hydrogens (tertiary/aromatic N) is 4. The molecule has 0 spiro atoms. The van der Waals surface area contributed by atoms with Crippen molar-refractivity contribution in [3.8, 4) is 0 Å². The zero-order valence-corrected chi connectivity index (χ0v) is 45.8. The van der Waals surface area contributed by atoms with Crippen LogP contribution in [0.2, 0.25) is 0 Å². The number of hydrogen-bond donors (Lipinski definition) is 0. The second-order valence-electron chi connectivity index (χ2n) is 22.8. The molecule has 0 atom stereocenters. The molecule has 5 heterocycles. The minimum atomic E-state index is 1.02. The Morgan fingerprint density at radius 2 is 0.368 bits per heavy atom. The van der Waals surface area contributed by atoms with Gasteiger partial charge in [0.1, 0.15) is 0 Å². The summed E-state index contributed by atoms with van der Waals surface area (Å²) in [6, 6.07) is 58.8. The van der Waals surface area contributed by atoms with E-state index in [0.717, 1.165) is 77.5 Å². The Bertz CT molecular complexity index is 3350. The number of hydrogen-bond acceptors (Lipinski definition) is 0. The van der Waals surface area contributed by atoms with Gasteiger partial charge in [0.25, 0.3) is 0 Å². The van der Waals surface area contributed by atoms with Gasteiger partial charge in [-0.25, -0.2) is 0 Å². The Morgan fingerprint density at radius 3 is 0.500 bits per heavy atom. The maximum absolute atomic E-state index is 2.65. The normalized spacial score (nSPS) is 13.7. The molecule has 13 rings (SSSR count). The van der Waals surface area contributed by atoms with E-state index in [9.17, 15) is 0 Å². The average molecular weight is 997 g/mol. The van der Waals surface area contributed by atoms with Crippen LogP contribution < -0.4 is 0 Å². The van der Waals surface area contributed by atoms with Crippen molar-refractivity contribution in [1.29, 1.82) is 0 Å². The van der Waals surface area contributed by atoms with Crippen molar-refractivity contribution in [2.45, 2.75) is 157 Å². The molecule has 16 bridgehead atoms. The van der Waals surface area contributed by atoms with Crippen molar-refractivity contribution < 1.29 is 0 Å². The second-order valence-corrected chi connectivity index (χ2v) is 22.8. The van der Waals surface area contributed by atoms with Crippen LogP contribution in [-0.2, 0) is 77.5 Å². The van der Waals surface area contributed by atoms with Crippen LogP contribution in [0.5, 0.6) is 0 Å². The zero-order chi connectivity index (χ0) is 51.3. The fourth-order valence-electron chi connectivity index (χ4n) is 13.4. The SMILES string of the molecule is CCCCn1c2cc3ccc2c2ccc(cc21)CCc1ccc2c4ccc(cc4n(CCCC)c2c1)CCc1ccc2c4ccc(cc4n(CCCC)c2c1)CCc1ccc2c4ccc(cc4n(CCCC)c2c1)CC3. The molecule has 4 heteroatoms. The van der Waals surface area contributed by atoms with Crippen molar-refractivity contribution in [3.05, 3.63) is 190 Å². The molecule has 1 aliphatic rings. The summed E-state index contributed by atoms with van der Waals surface area (Å²) in [7, 11) is 0. The number of rotatable bonds is 12. The molecular weight excluding hydrogens is 921 g/mol. The van der Waals surface area contributed by atoms with Gasteiger partial charge in [0.15, 0.2) is 0 Å². The average Bonchev–Trinajstić information content (AvgIpc) is 4.16. The van der Waals surface area contributed by atoms with Crippen LogP contribution in [0.25, 0.3) is 87.2 Å². The molecule has 76 heavy (non-hydrogen) atoms. The fraction of sp³-hybridized carbons (Fsp3) is 0.333. The Hall–Kier alpha value is -7.04. The van der Waals surface area contributed by atoms with Gasteiger partial charge in [0.05, 0.1) is 0 Å². The number of aromatic nitrogens is 4. The van der Waals surface area contributed by atoms with E-state index in [1.165, 1.54) is 183 Å². The highest BCUT2D eigenvalue weighted by Gasteiger charge is 2.18. The lowest BCUT2D eigenvalue weighted by Crippen LogP contribution is -2.00. The molecule has 0 aliphatic carbocycles. The summed E-state index contributed by atoms with van der Waals surface area (Å²) < 4.78 is 10.6. The van der Waals surface area contributed by atoms with Crippen LogP contribution in [-0.4, -0.2) is 18.3 Å². The first-order valence-corrected chi connectivity index (χ1v) is 29.6. The van der Waals surface area contributed by atoms with Crippen molar-refractivity contribution in [1.82, 2.24) is 18.3 Å². The van der Waals surface area contributed by atoms with Crippen LogP contribution in [0.4, 0.5) is 0 Å². The third kappa shape index (κ3) is 8.90. The molecule has 0 amide bonds. The maximum Gasteiger partial charge on any atom is 0.0494 e. The van der Waals surface area contributed by atoms with Gasteiger partial charge < -0.3 is 18.3 Å². The van der Waals surface area contributed by atoms with E-state index >= 15 is 0 Å². The lowest BCUT2D eigenvalue weighted by molar-refractivity contribution is 0.664. The van der Waals surface area contributed by atoms with E-state index in [0.29, 0.717) is 0 Å². The highest BCUT2D eigenvalue weighted by molar-refractivity contribution is 6.11. The lowest BCUT2D eigenvalue weighted by atomic mass is 9.99. The molecule has 1 aliphatic heterocycles. The van der Waals surface area contributed by atoms with E-state index in [-0.39, 0.29) is 0 Å². The van der Waals surface area contributed by atoms with Crippen LogP contribution in [0.15, 0.2) is 146 Å². The monoisotopic (exact) mass is 997 g/mol. The third-order valence-electron chi connectivity index (χ3n) is 17.7. The zero-order valence-electron chi connectivity index (χ0n) is 45.8. The first kappa shape index (κ1) is 48.6. The molecule has 8 aromatic carbocycles. The summed E-state index contributed by atoms with van der Waals surface area (Å²) in [4.78, 5) is 0. The fourth-order valence-corrected chi connectivity index (χ4v) is 13.4. The summed E-state index contributed by atoms with van der Waals surface area (Å²) >= 11 is 0. The van der Waals surface area contributed by atoms with Crippen LogP contribution in [0, 0.1) is 0 Å². The quantitative estimate of drug-likeness (QED) is 0.116. The molecule has 0 N–H and O–H groups in total. The molecule has 0 saturated heterocycles. The Morgan fingerprint density at radius 1 is 0.224 bits per heavy atom. The number of fused-ring (bicyclic) bond motifs is 12. The van der Waals surface area contributed by atoms with E-state index in [1.807, 2.05) is 0 Å². The van der Waals surface area contributed by atoms with Crippen molar-refractivity contribution in [3.63, 3.8) is 0 Å². The van der Waals surface area contributed by atoms with E-state index < -0.39 is 0 Å². The van der Waals surface area contributed by atoms with Gasteiger partial charge >= 0.3 is 0 Å². The predicted octanol–water partition coefficient (Wildman–Crippen LogP) is 18.8. The Balaban J connectivity index is 0.907. The Kier molecular flexibility index (Phi) is 13.3. The molecule has 0 fully saturated rings. The van der Waals surface area contributed by atoms with E-state index in [4.69, 9.17) is 0 Å². The lowest BCUT2D eigenvalue weighted by Gasteiger charge is -2.11. The largest absolute Gasteiger partial charge is 0.340 e. The topological polar surface area (TPSA) is 19.7 Å².